The Morgan fingerprint density at radius 1 is 1.25 bits per heavy atom. The zero-order valence-corrected chi connectivity index (χ0v) is 15.5. The molecule has 24 heavy (non-hydrogen) atoms. The predicted octanol–water partition coefficient (Wildman–Crippen LogP) is 4.87. The summed E-state index contributed by atoms with van der Waals surface area (Å²) in [6, 6.07) is 0. The van der Waals surface area contributed by atoms with Gasteiger partial charge in [-0.2, -0.15) is 0 Å². The van der Waals surface area contributed by atoms with Crippen LogP contribution in [0.2, 0.25) is 0 Å². The minimum absolute atomic E-state index is 0.0779. The summed E-state index contributed by atoms with van der Waals surface area (Å²) in [5, 5.41) is 11.7. The molecule has 0 aliphatic heterocycles. The third-order valence-electron chi connectivity index (χ3n) is 6.59. The monoisotopic (exact) mass is 364 g/mol. The number of aliphatic hydroxyl groups excluding tert-OH is 1. The van der Waals surface area contributed by atoms with E-state index >= 15 is 0 Å². The van der Waals surface area contributed by atoms with Crippen molar-refractivity contribution in [3.63, 3.8) is 0 Å². The molecule has 0 spiro atoms. The highest BCUT2D eigenvalue weighted by atomic mass is 35.5. The molecule has 4 aliphatic carbocycles. The van der Waals surface area contributed by atoms with Crippen LogP contribution in [0.5, 0.6) is 0 Å². The zero-order valence-electron chi connectivity index (χ0n) is 14.0. The molecule has 2 nitrogen and oxygen atoms in total. The van der Waals surface area contributed by atoms with Crippen LogP contribution >= 0.6 is 23.2 Å². The molecular weight excluding hydrogens is 343 g/mol. The van der Waals surface area contributed by atoms with Crippen LogP contribution < -0.4 is 0 Å². The first-order chi connectivity index (χ1) is 11.3. The van der Waals surface area contributed by atoms with Gasteiger partial charge < -0.3 is 5.11 Å². The molecule has 128 valence electrons. The van der Waals surface area contributed by atoms with Crippen LogP contribution in [0.3, 0.4) is 0 Å². The molecule has 1 unspecified atom stereocenters. The second-order valence-corrected chi connectivity index (χ2v) is 8.70. The quantitative estimate of drug-likeness (QED) is 0.665. The molecule has 0 heterocycles. The van der Waals surface area contributed by atoms with Gasteiger partial charge in [0.05, 0.1) is 11.1 Å². The molecule has 0 aromatic carbocycles. The number of carbonyl (C=O) groups is 1. The van der Waals surface area contributed by atoms with Crippen molar-refractivity contribution >= 4 is 29.0 Å². The lowest BCUT2D eigenvalue weighted by atomic mass is 9.53. The minimum atomic E-state index is -0.638. The molecule has 4 aliphatic rings. The fraction of sp³-hybridized carbons (Fsp3) is 0.550. The maximum Gasteiger partial charge on any atom is 0.174 e. The Morgan fingerprint density at radius 2 is 2.00 bits per heavy atom. The molecule has 0 aromatic rings. The van der Waals surface area contributed by atoms with Crippen molar-refractivity contribution in [3.05, 3.63) is 45.0 Å². The lowest BCUT2D eigenvalue weighted by Crippen LogP contribution is -2.48. The van der Waals surface area contributed by atoms with Gasteiger partial charge in [0.1, 0.15) is 0 Å². The van der Waals surface area contributed by atoms with E-state index in [1.807, 2.05) is 6.08 Å². The van der Waals surface area contributed by atoms with Gasteiger partial charge >= 0.3 is 0 Å². The van der Waals surface area contributed by atoms with E-state index in [2.05, 4.69) is 26.0 Å². The second kappa shape index (κ2) is 5.59. The van der Waals surface area contributed by atoms with Crippen LogP contribution in [-0.2, 0) is 4.79 Å². The Bertz CT molecular complexity index is 743. The highest BCUT2D eigenvalue weighted by molar-refractivity contribution is 6.43. The number of allylic oxidation sites excluding steroid dienone is 6. The Balaban J connectivity index is 1.88. The van der Waals surface area contributed by atoms with Gasteiger partial charge in [-0.15, -0.1) is 0 Å². The molecule has 0 fully saturated rings. The van der Waals surface area contributed by atoms with Crippen LogP contribution in [0, 0.1) is 23.2 Å². The number of hydrogen-bond acceptors (Lipinski definition) is 2. The molecular formula is C20H22Cl2O2. The van der Waals surface area contributed by atoms with E-state index in [-0.39, 0.29) is 11.2 Å². The molecule has 1 N–H and O–H groups in total. The van der Waals surface area contributed by atoms with Crippen molar-refractivity contribution in [2.75, 3.05) is 0 Å². The van der Waals surface area contributed by atoms with Gasteiger partial charge in [-0.1, -0.05) is 55.3 Å². The van der Waals surface area contributed by atoms with Crippen LogP contribution in [0.25, 0.3) is 0 Å². The van der Waals surface area contributed by atoms with Gasteiger partial charge in [-0.3, -0.25) is 4.79 Å². The third kappa shape index (κ3) is 2.16. The first-order valence-electron chi connectivity index (χ1n) is 8.72. The van der Waals surface area contributed by atoms with Crippen molar-refractivity contribution in [2.24, 2.45) is 23.2 Å². The maximum atomic E-state index is 12.0. The van der Waals surface area contributed by atoms with Gasteiger partial charge in [-0.05, 0) is 53.7 Å². The Morgan fingerprint density at radius 3 is 2.75 bits per heavy atom. The second-order valence-electron chi connectivity index (χ2n) is 7.89. The maximum absolute atomic E-state index is 12.0. The molecule has 5 atom stereocenters. The standard InChI is InChI=1S/C20H22Cl2O2/c1-10-9-13-11(3-6-16(23)18(13)22)12-7-8-20(2)14(17(10)12)4-5-15(21)19(20)24/h5,7-8,10,14,17,19,24H,3-4,6,9H2,1-2H3/t10-,14+,17-,19?,20+/m1/s1. The number of aliphatic hydroxyl groups is 1. The molecule has 0 radical (unpaired) electrons. The molecule has 4 heteroatoms. The first kappa shape index (κ1) is 16.6. The first-order valence-corrected chi connectivity index (χ1v) is 9.48. The summed E-state index contributed by atoms with van der Waals surface area (Å²) >= 11 is 12.6. The van der Waals surface area contributed by atoms with E-state index in [1.54, 1.807) is 0 Å². The van der Waals surface area contributed by atoms with Gasteiger partial charge in [-0.25, -0.2) is 0 Å². The number of fused-ring (bicyclic) bond motifs is 4. The summed E-state index contributed by atoms with van der Waals surface area (Å²) in [6.07, 6.45) is 8.68. The van der Waals surface area contributed by atoms with E-state index in [4.69, 9.17) is 23.2 Å². The number of carbonyl (C=O) groups excluding carboxylic acids is 1. The fourth-order valence-electron chi connectivity index (χ4n) is 5.24. The lowest BCUT2D eigenvalue weighted by molar-refractivity contribution is -0.115. The summed E-state index contributed by atoms with van der Waals surface area (Å²) in [7, 11) is 0. The summed E-state index contributed by atoms with van der Waals surface area (Å²) in [4.78, 5) is 12.0. The summed E-state index contributed by atoms with van der Waals surface area (Å²) in [5.74, 6) is 1.18. The topological polar surface area (TPSA) is 37.3 Å². The third-order valence-corrected chi connectivity index (χ3v) is 7.39. The van der Waals surface area contributed by atoms with Gasteiger partial charge in [0, 0.05) is 16.9 Å². The largest absolute Gasteiger partial charge is 0.387 e. The van der Waals surface area contributed by atoms with E-state index < -0.39 is 6.10 Å². The van der Waals surface area contributed by atoms with Gasteiger partial charge in [0.25, 0.3) is 0 Å². The molecule has 0 amide bonds. The number of Topliss-reactive ketones (excluding diaryl/α,β-unsaturated/α-hetero) is 1. The van der Waals surface area contributed by atoms with Gasteiger partial charge in [0.15, 0.2) is 5.78 Å². The Labute approximate surface area is 152 Å². The number of halogens is 2. The zero-order chi connectivity index (χ0) is 17.2. The Kier molecular flexibility index (Phi) is 3.87. The van der Waals surface area contributed by atoms with Crippen molar-refractivity contribution < 1.29 is 9.90 Å². The minimum Gasteiger partial charge on any atom is -0.387 e. The number of hydrogen-bond donors (Lipinski definition) is 1. The molecule has 4 rings (SSSR count). The van der Waals surface area contributed by atoms with E-state index in [1.165, 1.54) is 11.1 Å². The van der Waals surface area contributed by atoms with Crippen molar-refractivity contribution in [1.29, 1.82) is 0 Å². The SMILES string of the molecule is C[C@@H]1CC2=C(Cl)C(=O)CCC2=C2C=C[C@]3(C)C(O)C(Cl)=CC[C@H]3[C@@H]21. The molecule has 0 saturated carbocycles. The van der Waals surface area contributed by atoms with Gasteiger partial charge in [0.2, 0.25) is 0 Å². The summed E-state index contributed by atoms with van der Waals surface area (Å²) < 4.78 is 0. The van der Waals surface area contributed by atoms with Crippen molar-refractivity contribution in [2.45, 2.75) is 45.6 Å². The summed E-state index contributed by atoms with van der Waals surface area (Å²) in [6.45, 7) is 4.36. The Hall–Kier alpha value is -0.830. The molecule has 0 aromatic heterocycles. The average molecular weight is 365 g/mol. The lowest BCUT2D eigenvalue weighted by Gasteiger charge is -2.52. The number of rotatable bonds is 0. The highest BCUT2D eigenvalue weighted by Gasteiger charge is 2.51. The predicted molar refractivity (Wildman–Crippen MR) is 96.7 cm³/mol. The number of ketones is 1. The average Bonchev–Trinajstić information content (AvgIpc) is 2.55. The van der Waals surface area contributed by atoms with Crippen LogP contribution in [-0.4, -0.2) is 17.0 Å². The van der Waals surface area contributed by atoms with E-state index in [0.29, 0.717) is 34.2 Å². The van der Waals surface area contributed by atoms with Crippen molar-refractivity contribution in [1.82, 2.24) is 0 Å². The molecule has 0 saturated heterocycles. The van der Waals surface area contributed by atoms with Crippen molar-refractivity contribution in [3.8, 4) is 0 Å². The summed E-state index contributed by atoms with van der Waals surface area (Å²) in [5.41, 5.74) is 3.33. The van der Waals surface area contributed by atoms with E-state index in [0.717, 1.165) is 24.8 Å². The van der Waals surface area contributed by atoms with E-state index in [9.17, 15) is 9.90 Å². The normalized spacial score (nSPS) is 41.7. The fourth-order valence-corrected chi connectivity index (χ4v) is 5.85. The van der Waals surface area contributed by atoms with Crippen LogP contribution in [0.1, 0.15) is 39.5 Å². The molecule has 0 bridgehead atoms. The highest BCUT2D eigenvalue weighted by Crippen LogP contribution is 2.58. The van der Waals surface area contributed by atoms with Crippen LogP contribution in [0.15, 0.2) is 45.0 Å². The smallest absolute Gasteiger partial charge is 0.174 e. The van der Waals surface area contributed by atoms with Crippen LogP contribution in [0.4, 0.5) is 0 Å².